The van der Waals surface area contributed by atoms with Crippen LogP contribution in [0.1, 0.15) is 18.2 Å². The van der Waals surface area contributed by atoms with Crippen molar-refractivity contribution in [3.05, 3.63) is 29.8 Å². The summed E-state index contributed by atoms with van der Waals surface area (Å²) in [5, 5.41) is 11.7. The summed E-state index contributed by atoms with van der Waals surface area (Å²) < 4.78 is 25.9. The predicted octanol–water partition coefficient (Wildman–Crippen LogP) is -0.0509. The average Bonchev–Trinajstić information content (AvgIpc) is 2.52. The highest BCUT2D eigenvalue weighted by atomic mass is 32.2. The fourth-order valence-corrected chi connectivity index (χ4v) is 3.12. The van der Waals surface area contributed by atoms with Gasteiger partial charge in [0.25, 0.3) is 0 Å². The molecule has 2 rings (SSSR count). The zero-order valence-corrected chi connectivity index (χ0v) is 9.50. The molecule has 0 spiro atoms. The lowest BCUT2D eigenvalue weighted by atomic mass is 10.2. The molecule has 0 saturated heterocycles. The van der Waals surface area contributed by atoms with Crippen LogP contribution >= 0.6 is 0 Å². The fourth-order valence-electron chi connectivity index (χ4n) is 1.72. The van der Waals surface area contributed by atoms with E-state index in [0.29, 0.717) is 17.9 Å². The Hall–Kier alpha value is -0.950. The van der Waals surface area contributed by atoms with E-state index < -0.39 is 10.0 Å². The lowest BCUT2D eigenvalue weighted by molar-refractivity contribution is 0.282. The summed E-state index contributed by atoms with van der Waals surface area (Å²) in [4.78, 5) is 0.330. The van der Waals surface area contributed by atoms with Crippen molar-refractivity contribution in [1.29, 1.82) is 0 Å². The maximum absolute atomic E-state index is 11.7. The minimum Gasteiger partial charge on any atom is -0.396 e. The van der Waals surface area contributed by atoms with Crippen LogP contribution in [0, 0.1) is 0 Å². The Morgan fingerprint density at radius 1 is 1.38 bits per heavy atom. The summed E-state index contributed by atoms with van der Waals surface area (Å²) in [7, 11) is -3.37. The zero-order chi connectivity index (χ0) is 11.6. The van der Waals surface area contributed by atoms with E-state index in [9.17, 15) is 8.42 Å². The molecular weight excluding hydrogens is 228 g/mol. The summed E-state index contributed by atoms with van der Waals surface area (Å²) >= 11 is 0. The molecule has 0 aliphatic carbocycles. The third-order valence-electron chi connectivity index (χ3n) is 2.48. The largest absolute Gasteiger partial charge is 0.396 e. The summed E-state index contributed by atoms with van der Waals surface area (Å²) in [6.45, 7) is 0.659. The standard InChI is InChI=1S/C10H14N2O3S/c13-7-3-6-11-10-8-4-1-2-5-9(8)16(14,15)12-10/h1-2,4-5,10-13H,3,6-7H2. The first-order valence-corrected chi connectivity index (χ1v) is 6.59. The topological polar surface area (TPSA) is 78.4 Å². The van der Waals surface area contributed by atoms with Gasteiger partial charge in [-0.1, -0.05) is 18.2 Å². The minimum absolute atomic E-state index is 0.0914. The maximum atomic E-state index is 11.7. The Bertz CT molecular complexity index is 473. The van der Waals surface area contributed by atoms with Crippen LogP contribution in [0.2, 0.25) is 0 Å². The Morgan fingerprint density at radius 2 is 2.12 bits per heavy atom. The molecule has 16 heavy (non-hydrogen) atoms. The molecule has 1 aliphatic rings. The second-order valence-corrected chi connectivity index (χ2v) is 5.31. The molecule has 0 bridgehead atoms. The molecule has 0 amide bonds. The SMILES string of the molecule is O=S1(=O)NC(NCCCO)c2ccccc21. The van der Waals surface area contributed by atoms with Gasteiger partial charge >= 0.3 is 0 Å². The highest BCUT2D eigenvalue weighted by Gasteiger charge is 2.32. The van der Waals surface area contributed by atoms with Gasteiger partial charge in [-0.05, 0) is 19.0 Å². The van der Waals surface area contributed by atoms with Gasteiger partial charge in [-0.25, -0.2) is 8.42 Å². The number of sulfonamides is 1. The molecule has 1 aromatic rings. The third kappa shape index (κ3) is 2.10. The number of hydrogen-bond acceptors (Lipinski definition) is 4. The van der Waals surface area contributed by atoms with Crippen molar-refractivity contribution in [2.24, 2.45) is 0 Å². The third-order valence-corrected chi connectivity index (χ3v) is 3.97. The van der Waals surface area contributed by atoms with Crippen LogP contribution in [0.25, 0.3) is 0 Å². The van der Waals surface area contributed by atoms with Gasteiger partial charge in [-0.15, -0.1) is 0 Å². The number of hydrogen-bond donors (Lipinski definition) is 3. The number of aliphatic hydroxyl groups excluding tert-OH is 1. The lowest BCUT2D eigenvalue weighted by Gasteiger charge is -2.11. The summed E-state index contributed by atoms with van der Waals surface area (Å²) in [5.41, 5.74) is 0.737. The summed E-state index contributed by atoms with van der Waals surface area (Å²) in [5.74, 6) is 0. The second-order valence-electron chi connectivity index (χ2n) is 3.62. The van der Waals surface area contributed by atoms with E-state index in [1.165, 1.54) is 0 Å². The van der Waals surface area contributed by atoms with Crippen molar-refractivity contribution in [2.45, 2.75) is 17.5 Å². The minimum atomic E-state index is -3.37. The number of benzene rings is 1. The lowest BCUT2D eigenvalue weighted by Crippen LogP contribution is -2.32. The van der Waals surface area contributed by atoms with Crippen LogP contribution in [0.15, 0.2) is 29.2 Å². The van der Waals surface area contributed by atoms with Crippen molar-refractivity contribution < 1.29 is 13.5 Å². The van der Waals surface area contributed by atoms with Gasteiger partial charge < -0.3 is 5.11 Å². The van der Waals surface area contributed by atoms with Gasteiger partial charge in [0.1, 0.15) is 0 Å². The Kier molecular flexibility index (Phi) is 3.25. The molecule has 3 N–H and O–H groups in total. The number of fused-ring (bicyclic) bond motifs is 1. The molecule has 0 radical (unpaired) electrons. The van der Waals surface area contributed by atoms with Gasteiger partial charge in [0.05, 0.1) is 11.1 Å². The van der Waals surface area contributed by atoms with Gasteiger partial charge in [-0.2, -0.15) is 4.72 Å². The molecule has 1 unspecified atom stereocenters. The quantitative estimate of drug-likeness (QED) is 0.647. The molecular formula is C10H14N2O3S. The van der Waals surface area contributed by atoms with E-state index >= 15 is 0 Å². The average molecular weight is 242 g/mol. The van der Waals surface area contributed by atoms with Crippen molar-refractivity contribution in [1.82, 2.24) is 10.0 Å². The Balaban J connectivity index is 2.20. The zero-order valence-electron chi connectivity index (χ0n) is 8.68. The van der Waals surface area contributed by atoms with E-state index in [-0.39, 0.29) is 12.8 Å². The summed E-state index contributed by atoms with van der Waals surface area (Å²) in [6, 6.07) is 6.88. The first-order valence-electron chi connectivity index (χ1n) is 5.10. The summed E-state index contributed by atoms with van der Waals surface area (Å²) in [6.07, 6.45) is 0.216. The molecule has 1 heterocycles. The molecule has 1 aromatic carbocycles. The van der Waals surface area contributed by atoms with Crippen molar-refractivity contribution in [3.63, 3.8) is 0 Å². The number of rotatable bonds is 4. The molecule has 0 saturated carbocycles. The molecule has 0 aromatic heterocycles. The first kappa shape index (κ1) is 11.5. The Labute approximate surface area is 94.5 Å². The van der Waals surface area contributed by atoms with Gasteiger partial charge in [0, 0.05) is 12.2 Å². The van der Waals surface area contributed by atoms with Gasteiger partial charge in [0.15, 0.2) is 0 Å². The molecule has 88 valence electrons. The smallest absolute Gasteiger partial charge is 0.242 e. The molecule has 5 nitrogen and oxygen atoms in total. The fraction of sp³-hybridized carbons (Fsp3) is 0.400. The monoisotopic (exact) mass is 242 g/mol. The predicted molar refractivity (Wildman–Crippen MR) is 59.2 cm³/mol. The van der Waals surface area contributed by atoms with Crippen LogP contribution in [-0.2, 0) is 10.0 Å². The van der Waals surface area contributed by atoms with E-state index in [1.54, 1.807) is 18.2 Å². The highest BCUT2D eigenvalue weighted by molar-refractivity contribution is 7.89. The van der Waals surface area contributed by atoms with Crippen LogP contribution in [0.4, 0.5) is 0 Å². The van der Waals surface area contributed by atoms with E-state index in [2.05, 4.69) is 10.0 Å². The number of aliphatic hydroxyl groups is 1. The van der Waals surface area contributed by atoms with E-state index in [1.807, 2.05) is 6.07 Å². The van der Waals surface area contributed by atoms with Crippen LogP contribution < -0.4 is 10.0 Å². The van der Waals surface area contributed by atoms with Crippen molar-refractivity contribution in [2.75, 3.05) is 13.2 Å². The molecule has 1 aliphatic heterocycles. The van der Waals surface area contributed by atoms with Crippen LogP contribution in [0.3, 0.4) is 0 Å². The van der Waals surface area contributed by atoms with E-state index in [0.717, 1.165) is 5.56 Å². The van der Waals surface area contributed by atoms with Crippen LogP contribution in [-0.4, -0.2) is 26.7 Å². The Morgan fingerprint density at radius 3 is 2.88 bits per heavy atom. The number of nitrogens with one attached hydrogen (secondary N) is 2. The van der Waals surface area contributed by atoms with Crippen LogP contribution in [0.5, 0.6) is 0 Å². The van der Waals surface area contributed by atoms with Crippen molar-refractivity contribution >= 4 is 10.0 Å². The normalized spacial score (nSPS) is 21.9. The van der Waals surface area contributed by atoms with Gasteiger partial charge in [-0.3, -0.25) is 5.32 Å². The highest BCUT2D eigenvalue weighted by Crippen LogP contribution is 2.28. The maximum Gasteiger partial charge on any atom is 0.242 e. The van der Waals surface area contributed by atoms with E-state index in [4.69, 9.17) is 5.11 Å². The molecule has 0 fully saturated rings. The molecule has 1 atom stereocenters. The molecule has 6 heteroatoms. The second kappa shape index (κ2) is 4.50. The first-order chi connectivity index (χ1) is 7.65. The van der Waals surface area contributed by atoms with Crippen molar-refractivity contribution in [3.8, 4) is 0 Å². The van der Waals surface area contributed by atoms with Gasteiger partial charge in [0.2, 0.25) is 10.0 Å².